The molecule has 0 unspecified atom stereocenters. The van der Waals surface area contributed by atoms with Crippen LogP contribution in [-0.2, 0) is 11.3 Å². The monoisotopic (exact) mass is 319 g/mol. The zero-order valence-electron chi connectivity index (χ0n) is 12.9. The number of hydrogen-bond acceptors (Lipinski definition) is 4. The van der Waals surface area contributed by atoms with Gasteiger partial charge >= 0.3 is 0 Å². The van der Waals surface area contributed by atoms with Gasteiger partial charge in [0, 0.05) is 19.8 Å². The Balaban J connectivity index is 1.91. The molecule has 0 spiro atoms. The number of nitrogens with one attached hydrogen (secondary N) is 2. The van der Waals surface area contributed by atoms with Gasteiger partial charge in [0.1, 0.15) is 11.6 Å². The van der Waals surface area contributed by atoms with E-state index in [2.05, 4.69) is 10.6 Å². The lowest BCUT2D eigenvalue weighted by Crippen LogP contribution is -2.29. The van der Waals surface area contributed by atoms with Crippen LogP contribution in [0.4, 0.5) is 10.1 Å². The Morgan fingerprint density at radius 1 is 1.26 bits per heavy atom. The molecule has 1 aromatic carbocycles. The van der Waals surface area contributed by atoms with Gasteiger partial charge in [-0.25, -0.2) is 4.39 Å². The molecule has 2 N–H and O–H groups in total. The third kappa shape index (κ3) is 4.57. The number of carbonyl (C=O) groups excluding carboxylic acids is 2. The first-order valence-electron chi connectivity index (χ1n) is 7.01. The SMILES string of the molecule is CN(C)C(=O)c1cc(NCC(=O)NCc2ccco2)ccc1F. The molecule has 2 aromatic rings. The Labute approximate surface area is 133 Å². The summed E-state index contributed by atoms with van der Waals surface area (Å²) in [5.74, 6) is -0.629. The molecule has 1 aromatic heterocycles. The molecule has 0 atom stereocenters. The normalized spacial score (nSPS) is 10.2. The summed E-state index contributed by atoms with van der Waals surface area (Å²) >= 11 is 0. The van der Waals surface area contributed by atoms with Crippen LogP contribution in [-0.4, -0.2) is 37.4 Å². The standard InChI is InChI=1S/C16H18FN3O3/c1-20(2)16(22)13-8-11(5-6-14(13)17)18-10-15(21)19-9-12-4-3-7-23-12/h3-8,18H,9-10H2,1-2H3,(H,19,21). The van der Waals surface area contributed by atoms with E-state index >= 15 is 0 Å². The summed E-state index contributed by atoms with van der Waals surface area (Å²) in [6, 6.07) is 7.55. The lowest BCUT2D eigenvalue weighted by atomic mass is 10.1. The van der Waals surface area contributed by atoms with E-state index < -0.39 is 11.7 Å². The van der Waals surface area contributed by atoms with E-state index in [4.69, 9.17) is 4.42 Å². The van der Waals surface area contributed by atoms with Gasteiger partial charge in [0.05, 0.1) is 24.9 Å². The first-order valence-corrected chi connectivity index (χ1v) is 7.01. The number of halogens is 1. The number of anilines is 1. The number of furan rings is 1. The average Bonchev–Trinajstić information content (AvgIpc) is 3.04. The summed E-state index contributed by atoms with van der Waals surface area (Å²) in [5, 5.41) is 5.53. The molecular formula is C16H18FN3O3. The van der Waals surface area contributed by atoms with Crippen LogP contribution in [0, 0.1) is 5.82 Å². The molecule has 0 aliphatic carbocycles. The predicted molar refractivity (Wildman–Crippen MR) is 83.5 cm³/mol. The van der Waals surface area contributed by atoms with Gasteiger partial charge in [0.15, 0.2) is 0 Å². The molecule has 23 heavy (non-hydrogen) atoms. The molecule has 2 rings (SSSR count). The first-order chi connectivity index (χ1) is 11.0. The molecule has 0 fully saturated rings. The second-order valence-corrected chi connectivity index (χ2v) is 5.10. The summed E-state index contributed by atoms with van der Waals surface area (Å²) in [7, 11) is 3.09. The van der Waals surface area contributed by atoms with Crippen LogP contribution in [0.1, 0.15) is 16.1 Å². The third-order valence-corrected chi connectivity index (χ3v) is 3.10. The first kappa shape index (κ1) is 16.5. The predicted octanol–water partition coefficient (Wildman–Crippen LogP) is 1.85. The largest absolute Gasteiger partial charge is 0.467 e. The minimum atomic E-state index is -0.600. The average molecular weight is 319 g/mol. The van der Waals surface area contributed by atoms with Crippen molar-refractivity contribution in [1.29, 1.82) is 0 Å². The van der Waals surface area contributed by atoms with Crippen LogP contribution < -0.4 is 10.6 Å². The number of hydrogen-bond donors (Lipinski definition) is 2. The quantitative estimate of drug-likeness (QED) is 0.852. The Bertz CT molecular complexity index is 684. The minimum absolute atomic E-state index is 0.00192. The van der Waals surface area contributed by atoms with Crippen LogP contribution in [0.3, 0.4) is 0 Å². The smallest absolute Gasteiger partial charge is 0.256 e. The number of amides is 2. The van der Waals surface area contributed by atoms with E-state index in [-0.39, 0.29) is 18.0 Å². The minimum Gasteiger partial charge on any atom is -0.467 e. The van der Waals surface area contributed by atoms with Crippen molar-refractivity contribution in [1.82, 2.24) is 10.2 Å². The van der Waals surface area contributed by atoms with Crippen molar-refractivity contribution in [3.05, 3.63) is 53.7 Å². The van der Waals surface area contributed by atoms with Gasteiger partial charge < -0.3 is 20.0 Å². The van der Waals surface area contributed by atoms with Gasteiger partial charge in [-0.2, -0.15) is 0 Å². The van der Waals surface area contributed by atoms with E-state index in [1.54, 1.807) is 26.2 Å². The van der Waals surface area contributed by atoms with Gasteiger partial charge in [-0.05, 0) is 30.3 Å². The van der Waals surface area contributed by atoms with Crippen molar-refractivity contribution in [3.8, 4) is 0 Å². The Kier molecular flexibility index (Phi) is 5.35. The van der Waals surface area contributed by atoms with E-state index in [1.807, 2.05) is 0 Å². The van der Waals surface area contributed by atoms with Gasteiger partial charge in [0.25, 0.3) is 5.91 Å². The Morgan fingerprint density at radius 3 is 2.70 bits per heavy atom. The zero-order valence-corrected chi connectivity index (χ0v) is 12.9. The number of rotatable bonds is 6. The van der Waals surface area contributed by atoms with Crippen LogP contribution in [0.25, 0.3) is 0 Å². The third-order valence-electron chi connectivity index (χ3n) is 3.10. The highest BCUT2D eigenvalue weighted by Crippen LogP contribution is 2.16. The van der Waals surface area contributed by atoms with E-state index in [0.717, 1.165) is 0 Å². The van der Waals surface area contributed by atoms with Crippen molar-refractivity contribution in [2.24, 2.45) is 0 Å². The van der Waals surface area contributed by atoms with Crippen molar-refractivity contribution in [2.75, 3.05) is 26.0 Å². The maximum absolute atomic E-state index is 13.7. The van der Waals surface area contributed by atoms with E-state index in [0.29, 0.717) is 18.0 Å². The lowest BCUT2D eigenvalue weighted by Gasteiger charge is -2.13. The van der Waals surface area contributed by atoms with Crippen LogP contribution in [0.2, 0.25) is 0 Å². The fourth-order valence-corrected chi connectivity index (χ4v) is 1.88. The lowest BCUT2D eigenvalue weighted by molar-refractivity contribution is -0.119. The van der Waals surface area contributed by atoms with Gasteiger partial charge in [-0.1, -0.05) is 0 Å². The van der Waals surface area contributed by atoms with Crippen LogP contribution in [0.15, 0.2) is 41.0 Å². The molecule has 0 aliphatic heterocycles. The summed E-state index contributed by atoms with van der Waals surface area (Å²) in [4.78, 5) is 24.9. The van der Waals surface area contributed by atoms with Crippen LogP contribution >= 0.6 is 0 Å². The molecule has 122 valence electrons. The van der Waals surface area contributed by atoms with Gasteiger partial charge in [-0.15, -0.1) is 0 Å². The van der Waals surface area contributed by atoms with Crippen molar-refractivity contribution in [2.45, 2.75) is 6.54 Å². The van der Waals surface area contributed by atoms with Gasteiger partial charge in [-0.3, -0.25) is 9.59 Å². The molecule has 0 radical (unpaired) electrons. The van der Waals surface area contributed by atoms with E-state index in [9.17, 15) is 14.0 Å². The summed E-state index contributed by atoms with van der Waals surface area (Å²) < 4.78 is 18.8. The second kappa shape index (κ2) is 7.44. The zero-order chi connectivity index (χ0) is 16.8. The number of carbonyl (C=O) groups is 2. The molecule has 0 aliphatic rings. The molecule has 0 bridgehead atoms. The second-order valence-electron chi connectivity index (χ2n) is 5.10. The highest BCUT2D eigenvalue weighted by atomic mass is 19.1. The summed E-state index contributed by atoms with van der Waals surface area (Å²) in [6.07, 6.45) is 1.53. The van der Waals surface area contributed by atoms with Crippen molar-refractivity contribution in [3.63, 3.8) is 0 Å². The number of benzene rings is 1. The fourth-order valence-electron chi connectivity index (χ4n) is 1.88. The molecule has 0 saturated carbocycles. The fraction of sp³-hybridized carbons (Fsp3) is 0.250. The number of nitrogens with zero attached hydrogens (tertiary/aromatic N) is 1. The summed E-state index contributed by atoms with van der Waals surface area (Å²) in [6.45, 7) is 0.295. The van der Waals surface area contributed by atoms with Crippen LogP contribution in [0.5, 0.6) is 0 Å². The molecule has 7 heteroatoms. The highest BCUT2D eigenvalue weighted by molar-refractivity contribution is 5.95. The molecule has 2 amide bonds. The summed E-state index contributed by atoms with van der Waals surface area (Å²) in [5.41, 5.74) is 0.445. The van der Waals surface area contributed by atoms with Gasteiger partial charge in [0.2, 0.25) is 5.91 Å². The molecule has 6 nitrogen and oxygen atoms in total. The van der Waals surface area contributed by atoms with Crippen molar-refractivity contribution < 1.29 is 18.4 Å². The Morgan fingerprint density at radius 2 is 2.04 bits per heavy atom. The molecular weight excluding hydrogens is 301 g/mol. The van der Waals surface area contributed by atoms with Crippen molar-refractivity contribution >= 4 is 17.5 Å². The topological polar surface area (TPSA) is 74.6 Å². The molecule has 0 saturated heterocycles. The van der Waals surface area contributed by atoms with E-state index in [1.165, 1.54) is 29.4 Å². The highest BCUT2D eigenvalue weighted by Gasteiger charge is 2.14. The Hall–Kier alpha value is -2.83. The maximum Gasteiger partial charge on any atom is 0.256 e. The maximum atomic E-state index is 13.7. The molecule has 1 heterocycles.